The van der Waals surface area contributed by atoms with E-state index in [1.165, 1.54) is 16.4 Å². The highest BCUT2D eigenvalue weighted by molar-refractivity contribution is 9.10. The van der Waals surface area contributed by atoms with Crippen molar-refractivity contribution in [3.8, 4) is 0 Å². The third-order valence-corrected chi connectivity index (χ3v) is 6.81. The lowest BCUT2D eigenvalue weighted by molar-refractivity contribution is -0.121. The zero-order valence-corrected chi connectivity index (χ0v) is 18.1. The molecule has 1 N–H and O–H groups in total. The third kappa shape index (κ3) is 4.46. The van der Waals surface area contributed by atoms with E-state index in [-0.39, 0.29) is 11.5 Å². The molecule has 4 rings (SSSR count). The van der Waals surface area contributed by atoms with Crippen molar-refractivity contribution in [1.82, 2.24) is 19.5 Å². The van der Waals surface area contributed by atoms with Crippen molar-refractivity contribution in [2.45, 2.75) is 4.90 Å². The Bertz CT molecular complexity index is 1180. The number of anilines is 1. The Labute approximate surface area is 180 Å². The molecule has 0 unspecified atom stereocenters. The number of aromatic nitrogens is 3. The molecule has 30 heavy (non-hydrogen) atoms. The van der Waals surface area contributed by atoms with Crippen LogP contribution in [0, 0.1) is 0 Å². The molecule has 158 valence electrons. The monoisotopic (exact) mass is 495 g/mol. The zero-order valence-electron chi connectivity index (χ0n) is 15.7. The maximum absolute atomic E-state index is 12.9. The number of carbonyl (C=O) groups excluding carboxylic acids is 1. The second-order valence-corrected chi connectivity index (χ2v) is 9.31. The Balaban J connectivity index is 1.49. The summed E-state index contributed by atoms with van der Waals surface area (Å²) in [6.45, 7) is 0.980. The molecule has 2 heterocycles. The second-order valence-electron chi connectivity index (χ2n) is 6.46. The van der Waals surface area contributed by atoms with Crippen molar-refractivity contribution in [3.63, 3.8) is 0 Å². The molecule has 1 aromatic heterocycles. The van der Waals surface area contributed by atoms with Crippen LogP contribution in [0.3, 0.4) is 0 Å². The maximum Gasteiger partial charge on any atom is 0.265 e. The van der Waals surface area contributed by atoms with Gasteiger partial charge in [0.05, 0.1) is 18.1 Å². The van der Waals surface area contributed by atoms with Crippen LogP contribution in [0.4, 0.5) is 5.69 Å². The zero-order chi connectivity index (χ0) is 21.1. The van der Waals surface area contributed by atoms with Gasteiger partial charge in [0, 0.05) is 23.2 Å². The normalized spacial score (nSPS) is 15.2. The standard InChI is InChI=1S/C18H18BrN5O5S/c19-13-2-1-3-14(10-13)20-18(25)12-29-24-17-11-15(4-5-16(17)21-22-24)30(26,27)23-6-8-28-9-7-23/h1-5,10-11H,6-9,12H2,(H,20,25). The summed E-state index contributed by atoms with van der Waals surface area (Å²) in [7, 11) is -3.68. The Morgan fingerprint density at radius 2 is 2.00 bits per heavy atom. The number of benzene rings is 2. The number of nitrogens with one attached hydrogen (secondary N) is 1. The van der Waals surface area contributed by atoms with Gasteiger partial charge in [0.25, 0.3) is 5.91 Å². The van der Waals surface area contributed by atoms with Crippen LogP contribution >= 0.6 is 15.9 Å². The molecule has 0 saturated carbocycles. The molecule has 2 aromatic carbocycles. The molecule has 12 heteroatoms. The Kier molecular flexibility index (Phi) is 5.99. The van der Waals surface area contributed by atoms with Gasteiger partial charge in [-0.05, 0) is 41.6 Å². The molecule has 10 nitrogen and oxygen atoms in total. The minimum atomic E-state index is -3.68. The largest absolute Gasteiger partial charge is 0.385 e. The molecule has 0 spiro atoms. The predicted molar refractivity (Wildman–Crippen MR) is 111 cm³/mol. The lowest BCUT2D eigenvalue weighted by atomic mass is 10.3. The molecule has 0 aliphatic carbocycles. The van der Waals surface area contributed by atoms with Gasteiger partial charge in [-0.2, -0.15) is 4.31 Å². The summed E-state index contributed by atoms with van der Waals surface area (Å²) in [5, 5.41) is 10.5. The Morgan fingerprint density at radius 1 is 1.20 bits per heavy atom. The van der Waals surface area contributed by atoms with Crippen molar-refractivity contribution >= 4 is 48.6 Å². The molecular formula is C18H18BrN5O5S. The van der Waals surface area contributed by atoms with E-state index in [0.717, 1.165) is 9.32 Å². The summed E-state index contributed by atoms with van der Waals surface area (Å²) in [6.07, 6.45) is 0. The average Bonchev–Trinajstić information content (AvgIpc) is 3.15. The maximum atomic E-state index is 12.9. The SMILES string of the molecule is O=C(COn1nnc2ccc(S(=O)(=O)N3CCOCC3)cc21)Nc1cccc(Br)c1. The van der Waals surface area contributed by atoms with Crippen LogP contribution < -0.4 is 10.2 Å². The highest BCUT2D eigenvalue weighted by Crippen LogP contribution is 2.21. The van der Waals surface area contributed by atoms with Gasteiger partial charge in [0.2, 0.25) is 10.0 Å². The van der Waals surface area contributed by atoms with Crippen LogP contribution in [0.5, 0.6) is 0 Å². The van der Waals surface area contributed by atoms with Crippen molar-refractivity contribution in [1.29, 1.82) is 0 Å². The lowest BCUT2D eigenvalue weighted by Crippen LogP contribution is -2.40. The van der Waals surface area contributed by atoms with Gasteiger partial charge in [0.15, 0.2) is 6.61 Å². The van der Waals surface area contributed by atoms with E-state index in [9.17, 15) is 13.2 Å². The molecule has 1 aliphatic rings. The van der Waals surface area contributed by atoms with Gasteiger partial charge in [0.1, 0.15) is 11.0 Å². The van der Waals surface area contributed by atoms with Crippen molar-refractivity contribution in [3.05, 3.63) is 46.9 Å². The highest BCUT2D eigenvalue weighted by atomic mass is 79.9. The van der Waals surface area contributed by atoms with Gasteiger partial charge >= 0.3 is 0 Å². The van der Waals surface area contributed by atoms with Crippen LogP contribution in [-0.4, -0.2) is 66.7 Å². The minimum absolute atomic E-state index is 0.0997. The van der Waals surface area contributed by atoms with E-state index >= 15 is 0 Å². The number of sulfonamides is 1. The van der Waals surface area contributed by atoms with Crippen molar-refractivity contribution in [2.24, 2.45) is 0 Å². The quantitative estimate of drug-likeness (QED) is 0.547. The molecule has 0 atom stereocenters. The molecular weight excluding hydrogens is 478 g/mol. The van der Waals surface area contributed by atoms with Crippen molar-refractivity contribution < 1.29 is 22.8 Å². The second kappa shape index (κ2) is 8.68. The summed E-state index contributed by atoms with van der Waals surface area (Å²) >= 11 is 3.34. The van der Waals surface area contributed by atoms with Crippen LogP contribution in [0.2, 0.25) is 0 Å². The number of ether oxygens (including phenoxy) is 1. The number of amides is 1. The highest BCUT2D eigenvalue weighted by Gasteiger charge is 2.27. The van der Waals surface area contributed by atoms with E-state index in [2.05, 4.69) is 31.6 Å². The fourth-order valence-electron chi connectivity index (χ4n) is 2.95. The van der Waals surface area contributed by atoms with Gasteiger partial charge in [-0.15, -0.1) is 5.10 Å². The van der Waals surface area contributed by atoms with E-state index < -0.39 is 15.9 Å². The van der Waals surface area contributed by atoms with Crippen molar-refractivity contribution in [2.75, 3.05) is 38.2 Å². The summed E-state index contributed by atoms with van der Waals surface area (Å²) in [5.41, 5.74) is 1.41. The van der Waals surface area contributed by atoms with Crippen LogP contribution in [0.25, 0.3) is 11.0 Å². The first-order valence-electron chi connectivity index (χ1n) is 9.05. The average molecular weight is 496 g/mol. The first-order chi connectivity index (χ1) is 14.4. The number of fused-ring (bicyclic) bond motifs is 1. The number of nitrogens with zero attached hydrogens (tertiary/aromatic N) is 4. The van der Waals surface area contributed by atoms with Gasteiger partial charge in [-0.25, -0.2) is 8.42 Å². The van der Waals surface area contributed by atoms with Gasteiger partial charge in [-0.1, -0.05) is 26.8 Å². The van der Waals surface area contributed by atoms with Crippen LogP contribution in [-0.2, 0) is 19.6 Å². The van der Waals surface area contributed by atoms with E-state index in [4.69, 9.17) is 9.57 Å². The van der Waals surface area contributed by atoms with E-state index in [0.29, 0.717) is 43.0 Å². The molecule has 0 bridgehead atoms. The smallest absolute Gasteiger partial charge is 0.265 e. The van der Waals surface area contributed by atoms with Crippen LogP contribution in [0.1, 0.15) is 0 Å². The summed E-state index contributed by atoms with van der Waals surface area (Å²) < 4.78 is 33.2. The molecule has 0 radical (unpaired) electrons. The summed E-state index contributed by atoms with van der Waals surface area (Å²) in [5.74, 6) is -0.395. The number of carbonyl (C=O) groups is 1. The first kappa shape index (κ1) is 20.7. The Morgan fingerprint density at radius 3 is 2.77 bits per heavy atom. The fraction of sp³-hybridized carbons (Fsp3) is 0.278. The summed E-state index contributed by atoms with van der Waals surface area (Å²) in [6, 6.07) is 11.6. The first-order valence-corrected chi connectivity index (χ1v) is 11.3. The number of hydrogen-bond acceptors (Lipinski definition) is 7. The lowest BCUT2D eigenvalue weighted by Gasteiger charge is -2.26. The third-order valence-electron chi connectivity index (χ3n) is 4.42. The number of rotatable bonds is 6. The molecule has 1 amide bonds. The predicted octanol–water partition coefficient (Wildman–Crippen LogP) is 1.28. The van der Waals surface area contributed by atoms with Crippen LogP contribution in [0.15, 0.2) is 51.8 Å². The molecule has 1 fully saturated rings. The van der Waals surface area contributed by atoms with Gasteiger partial charge < -0.3 is 14.9 Å². The molecule has 1 aliphatic heterocycles. The number of hydrogen-bond donors (Lipinski definition) is 1. The van der Waals surface area contributed by atoms with Gasteiger partial charge in [-0.3, -0.25) is 4.79 Å². The minimum Gasteiger partial charge on any atom is -0.385 e. The van der Waals surface area contributed by atoms with E-state index in [1.807, 2.05) is 6.07 Å². The molecule has 3 aromatic rings. The van der Waals surface area contributed by atoms with E-state index in [1.54, 1.807) is 24.3 Å². The summed E-state index contributed by atoms with van der Waals surface area (Å²) in [4.78, 5) is 18.7. The number of morpholine rings is 1. The molecule has 1 saturated heterocycles. The number of halogens is 1. The Hall–Kier alpha value is -2.54. The topological polar surface area (TPSA) is 116 Å². The fourth-order valence-corrected chi connectivity index (χ4v) is 4.78.